The molecule has 0 aliphatic heterocycles. The molecule has 1 N–H and O–H groups in total. The number of halogens is 1. The Kier molecular flexibility index (Phi) is 5.55. The summed E-state index contributed by atoms with van der Waals surface area (Å²) in [6.07, 6.45) is 0. The number of hydrogen-bond acceptors (Lipinski definition) is 3. The highest BCUT2D eigenvalue weighted by molar-refractivity contribution is 6.31. The monoisotopic (exact) mass is 316 g/mol. The molecular weight excluding hydrogens is 300 g/mol. The maximum atomic E-state index is 11.7. The average molecular weight is 317 g/mol. The molecule has 0 aromatic heterocycles. The van der Waals surface area contributed by atoms with Crippen LogP contribution in [0.1, 0.15) is 18.1 Å². The molecule has 0 spiro atoms. The van der Waals surface area contributed by atoms with E-state index in [9.17, 15) is 4.79 Å². The molecule has 114 valence electrons. The van der Waals surface area contributed by atoms with Crippen molar-refractivity contribution in [1.82, 2.24) is 5.43 Å². The number of ether oxygens (including phenoxy) is 1. The van der Waals surface area contributed by atoms with Crippen molar-refractivity contribution in [1.29, 1.82) is 0 Å². The molecule has 0 bridgehead atoms. The molecule has 2 aromatic carbocycles. The van der Waals surface area contributed by atoms with Crippen molar-refractivity contribution in [3.05, 3.63) is 64.7 Å². The summed E-state index contributed by atoms with van der Waals surface area (Å²) in [7, 11) is 0. The second kappa shape index (κ2) is 7.61. The van der Waals surface area contributed by atoms with E-state index in [2.05, 4.69) is 10.5 Å². The van der Waals surface area contributed by atoms with E-state index < -0.39 is 0 Å². The van der Waals surface area contributed by atoms with Crippen LogP contribution in [0.4, 0.5) is 0 Å². The molecule has 0 fully saturated rings. The van der Waals surface area contributed by atoms with Gasteiger partial charge in [-0.2, -0.15) is 5.10 Å². The van der Waals surface area contributed by atoms with Crippen molar-refractivity contribution >= 4 is 23.2 Å². The van der Waals surface area contributed by atoms with Crippen LogP contribution in [0.15, 0.2) is 53.6 Å². The summed E-state index contributed by atoms with van der Waals surface area (Å²) in [6, 6.07) is 14.9. The van der Waals surface area contributed by atoms with Crippen LogP contribution in [-0.2, 0) is 4.79 Å². The summed E-state index contributed by atoms with van der Waals surface area (Å²) in [5.41, 5.74) is 5.06. The van der Waals surface area contributed by atoms with Crippen LogP contribution in [0, 0.1) is 6.92 Å². The van der Waals surface area contributed by atoms with Gasteiger partial charge in [-0.05, 0) is 43.2 Å². The van der Waals surface area contributed by atoms with E-state index in [1.807, 2.05) is 44.2 Å². The van der Waals surface area contributed by atoms with E-state index >= 15 is 0 Å². The SMILES string of the molecule is C/C(=N\NC(=O)COc1ccc(Cl)c(C)c1)c1ccccc1. The van der Waals surface area contributed by atoms with Gasteiger partial charge >= 0.3 is 0 Å². The van der Waals surface area contributed by atoms with Crippen molar-refractivity contribution in [3.63, 3.8) is 0 Å². The third kappa shape index (κ3) is 4.60. The Morgan fingerprint density at radius 3 is 2.64 bits per heavy atom. The van der Waals surface area contributed by atoms with E-state index in [0.717, 1.165) is 16.8 Å². The van der Waals surface area contributed by atoms with E-state index in [1.165, 1.54) is 0 Å². The second-order valence-corrected chi connectivity index (χ2v) is 5.21. The number of carbonyl (C=O) groups is 1. The Morgan fingerprint density at radius 1 is 1.23 bits per heavy atom. The summed E-state index contributed by atoms with van der Waals surface area (Å²) >= 11 is 5.93. The summed E-state index contributed by atoms with van der Waals surface area (Å²) < 4.78 is 5.40. The minimum Gasteiger partial charge on any atom is -0.484 e. The van der Waals surface area contributed by atoms with Crippen molar-refractivity contribution < 1.29 is 9.53 Å². The number of carbonyl (C=O) groups excluding carboxylic acids is 1. The quantitative estimate of drug-likeness (QED) is 0.677. The van der Waals surface area contributed by atoms with Crippen LogP contribution in [0.5, 0.6) is 5.75 Å². The van der Waals surface area contributed by atoms with Gasteiger partial charge < -0.3 is 4.74 Å². The van der Waals surface area contributed by atoms with Gasteiger partial charge in [0.1, 0.15) is 5.75 Å². The standard InChI is InChI=1S/C17H17ClN2O2/c1-12-10-15(8-9-16(12)18)22-11-17(21)20-19-13(2)14-6-4-3-5-7-14/h3-10H,11H2,1-2H3,(H,20,21)/b19-13+. The summed E-state index contributed by atoms with van der Waals surface area (Å²) in [5.74, 6) is 0.281. The zero-order valence-corrected chi connectivity index (χ0v) is 13.2. The number of amides is 1. The van der Waals surface area contributed by atoms with Crippen LogP contribution in [-0.4, -0.2) is 18.2 Å². The van der Waals surface area contributed by atoms with Crippen LogP contribution in [0.2, 0.25) is 5.02 Å². The molecule has 0 aliphatic carbocycles. The van der Waals surface area contributed by atoms with Gasteiger partial charge in [-0.3, -0.25) is 4.79 Å². The third-order valence-corrected chi connectivity index (χ3v) is 3.46. The highest BCUT2D eigenvalue weighted by atomic mass is 35.5. The fraction of sp³-hybridized carbons (Fsp3) is 0.176. The molecule has 0 atom stereocenters. The predicted molar refractivity (Wildman–Crippen MR) is 88.5 cm³/mol. The predicted octanol–water partition coefficient (Wildman–Crippen LogP) is 3.57. The minimum absolute atomic E-state index is 0.105. The summed E-state index contributed by atoms with van der Waals surface area (Å²) in [5, 5.41) is 4.72. The van der Waals surface area contributed by atoms with Gasteiger partial charge in [0, 0.05) is 5.02 Å². The molecule has 2 rings (SSSR count). The Morgan fingerprint density at radius 2 is 1.95 bits per heavy atom. The number of nitrogens with one attached hydrogen (secondary N) is 1. The summed E-state index contributed by atoms with van der Waals surface area (Å²) in [6.45, 7) is 3.61. The van der Waals surface area contributed by atoms with E-state index in [1.54, 1.807) is 18.2 Å². The lowest BCUT2D eigenvalue weighted by molar-refractivity contribution is -0.123. The largest absolute Gasteiger partial charge is 0.484 e. The molecule has 1 amide bonds. The van der Waals surface area contributed by atoms with Crippen molar-refractivity contribution in [3.8, 4) is 5.75 Å². The van der Waals surface area contributed by atoms with Crippen LogP contribution in [0.25, 0.3) is 0 Å². The first-order chi connectivity index (χ1) is 10.6. The lowest BCUT2D eigenvalue weighted by Crippen LogP contribution is -2.25. The van der Waals surface area contributed by atoms with Crippen molar-refractivity contribution in [2.24, 2.45) is 5.10 Å². The van der Waals surface area contributed by atoms with Crippen LogP contribution < -0.4 is 10.2 Å². The highest BCUT2D eigenvalue weighted by Crippen LogP contribution is 2.20. The maximum Gasteiger partial charge on any atom is 0.277 e. The number of aryl methyl sites for hydroxylation is 1. The minimum atomic E-state index is -0.317. The van der Waals surface area contributed by atoms with Crippen LogP contribution >= 0.6 is 11.6 Å². The number of nitrogens with zero attached hydrogens (tertiary/aromatic N) is 1. The van der Waals surface area contributed by atoms with Gasteiger partial charge in [0.05, 0.1) is 5.71 Å². The van der Waals surface area contributed by atoms with E-state index in [0.29, 0.717) is 10.8 Å². The van der Waals surface area contributed by atoms with Gasteiger partial charge in [-0.15, -0.1) is 0 Å². The van der Waals surface area contributed by atoms with Crippen molar-refractivity contribution in [2.75, 3.05) is 6.61 Å². The van der Waals surface area contributed by atoms with Gasteiger partial charge in [0.15, 0.2) is 6.61 Å². The molecule has 4 nitrogen and oxygen atoms in total. The zero-order valence-electron chi connectivity index (χ0n) is 12.5. The maximum absolute atomic E-state index is 11.7. The first-order valence-corrected chi connectivity index (χ1v) is 7.21. The Bertz CT molecular complexity index is 684. The Labute approximate surface area is 134 Å². The Balaban J connectivity index is 1.86. The molecule has 22 heavy (non-hydrogen) atoms. The smallest absolute Gasteiger partial charge is 0.277 e. The number of benzene rings is 2. The average Bonchev–Trinajstić information content (AvgIpc) is 2.54. The molecule has 0 aliphatic rings. The zero-order chi connectivity index (χ0) is 15.9. The van der Waals surface area contributed by atoms with Gasteiger partial charge in [-0.1, -0.05) is 41.9 Å². The highest BCUT2D eigenvalue weighted by Gasteiger charge is 2.04. The topological polar surface area (TPSA) is 50.7 Å². The lowest BCUT2D eigenvalue weighted by atomic mass is 10.1. The first kappa shape index (κ1) is 16.0. The molecule has 0 radical (unpaired) electrons. The number of rotatable bonds is 5. The molecule has 0 heterocycles. The Hall–Kier alpha value is -2.33. The third-order valence-electron chi connectivity index (χ3n) is 3.04. The summed E-state index contributed by atoms with van der Waals surface area (Å²) in [4.78, 5) is 11.7. The number of hydrazone groups is 1. The van der Waals surface area contributed by atoms with Crippen LogP contribution in [0.3, 0.4) is 0 Å². The lowest BCUT2D eigenvalue weighted by Gasteiger charge is -2.07. The molecule has 2 aromatic rings. The van der Waals surface area contributed by atoms with Gasteiger partial charge in [-0.25, -0.2) is 5.43 Å². The molecular formula is C17H17ClN2O2. The fourth-order valence-electron chi connectivity index (χ4n) is 1.78. The normalized spacial score (nSPS) is 11.1. The first-order valence-electron chi connectivity index (χ1n) is 6.84. The molecule has 5 heteroatoms. The molecule has 0 saturated heterocycles. The van der Waals surface area contributed by atoms with Gasteiger partial charge in [0.2, 0.25) is 0 Å². The van der Waals surface area contributed by atoms with Gasteiger partial charge in [0.25, 0.3) is 5.91 Å². The molecule has 0 saturated carbocycles. The molecule has 0 unspecified atom stereocenters. The van der Waals surface area contributed by atoms with Crippen molar-refractivity contribution in [2.45, 2.75) is 13.8 Å². The van der Waals surface area contributed by atoms with E-state index in [4.69, 9.17) is 16.3 Å². The fourth-order valence-corrected chi connectivity index (χ4v) is 1.90. The van der Waals surface area contributed by atoms with E-state index in [-0.39, 0.29) is 12.5 Å². The number of hydrogen-bond donors (Lipinski definition) is 1. The second-order valence-electron chi connectivity index (χ2n) is 4.80.